The Morgan fingerprint density at radius 1 is 1.73 bits per heavy atom. The van der Waals surface area contributed by atoms with Crippen LogP contribution in [0.15, 0.2) is 11.9 Å². The highest BCUT2D eigenvalue weighted by Crippen LogP contribution is 1.91. The molecule has 0 spiro atoms. The first kappa shape index (κ1) is 10.1. The fraction of sp³-hybridized carbons (Fsp3) is 0.571. The summed E-state index contributed by atoms with van der Waals surface area (Å²) in [5.74, 6) is -1.05. The molecule has 0 aromatic rings. The zero-order valence-corrected chi connectivity index (χ0v) is 6.73. The largest absolute Gasteiger partial charge is 0.350 e. The fourth-order valence-electron chi connectivity index (χ4n) is 0.527. The average Bonchev–Trinajstić information content (AvgIpc) is 1.85. The van der Waals surface area contributed by atoms with E-state index in [4.69, 9.17) is 5.73 Å². The van der Waals surface area contributed by atoms with E-state index >= 15 is 0 Å². The van der Waals surface area contributed by atoms with Crippen LogP contribution in [0.4, 0.5) is 4.39 Å². The maximum atomic E-state index is 12.3. The zero-order valence-electron chi connectivity index (χ0n) is 6.73. The first-order valence-corrected chi connectivity index (χ1v) is 3.43. The van der Waals surface area contributed by atoms with E-state index < -0.39 is 11.7 Å². The molecule has 0 aliphatic rings. The minimum absolute atomic E-state index is 0.0179. The molecule has 0 aromatic carbocycles. The normalized spacial score (nSPS) is 11.9. The fourth-order valence-corrected chi connectivity index (χ4v) is 0.527. The first-order chi connectivity index (χ1) is 5.06. The Kier molecular flexibility index (Phi) is 4.45. The molecule has 1 amide bonds. The van der Waals surface area contributed by atoms with Crippen molar-refractivity contribution < 1.29 is 9.18 Å². The molecular weight excluding hydrogens is 147 g/mol. The van der Waals surface area contributed by atoms with Crippen molar-refractivity contribution in [1.29, 1.82) is 0 Å². The lowest BCUT2D eigenvalue weighted by Crippen LogP contribution is -2.28. The second-order valence-corrected chi connectivity index (χ2v) is 2.46. The molecule has 0 rings (SSSR count). The van der Waals surface area contributed by atoms with Gasteiger partial charge in [0.15, 0.2) is 0 Å². The summed E-state index contributed by atoms with van der Waals surface area (Å²) in [5.41, 5.74) is 4.93. The minimum Gasteiger partial charge on any atom is -0.350 e. The predicted molar refractivity (Wildman–Crippen MR) is 41.5 cm³/mol. The van der Waals surface area contributed by atoms with Gasteiger partial charge in [-0.25, -0.2) is 4.39 Å². The molecule has 0 saturated carbocycles. The van der Waals surface area contributed by atoms with Crippen LogP contribution >= 0.6 is 0 Å². The van der Waals surface area contributed by atoms with Crippen LogP contribution in [0.1, 0.15) is 13.8 Å². The van der Waals surface area contributed by atoms with Gasteiger partial charge in [0.25, 0.3) is 0 Å². The quantitative estimate of drug-likeness (QED) is 0.584. The molecule has 0 aliphatic heterocycles. The van der Waals surface area contributed by atoms with Crippen LogP contribution in [-0.4, -0.2) is 18.5 Å². The van der Waals surface area contributed by atoms with Gasteiger partial charge in [-0.2, -0.15) is 0 Å². The first-order valence-electron chi connectivity index (χ1n) is 3.43. The second-order valence-electron chi connectivity index (χ2n) is 2.46. The Hall–Kier alpha value is -0.900. The highest BCUT2D eigenvalue weighted by molar-refractivity contribution is 5.88. The van der Waals surface area contributed by atoms with Crippen molar-refractivity contribution in [2.24, 2.45) is 5.73 Å². The number of carbonyl (C=O) groups is 1. The Bertz CT molecular complexity index is 166. The van der Waals surface area contributed by atoms with Gasteiger partial charge in [-0.15, -0.1) is 0 Å². The highest BCUT2D eigenvalue weighted by Gasteiger charge is 2.00. The summed E-state index contributed by atoms with van der Waals surface area (Å²) in [7, 11) is 0. The van der Waals surface area contributed by atoms with Crippen molar-refractivity contribution in [2.75, 3.05) is 6.54 Å². The van der Waals surface area contributed by atoms with Gasteiger partial charge in [0.05, 0.1) is 0 Å². The predicted octanol–water partition coefficient (Wildman–Crippen LogP) is 0.323. The van der Waals surface area contributed by atoms with Gasteiger partial charge in [-0.1, -0.05) is 0 Å². The molecule has 0 saturated heterocycles. The Balaban J connectivity index is 3.86. The lowest BCUT2D eigenvalue weighted by Gasteiger charge is -2.04. The van der Waals surface area contributed by atoms with Crippen LogP contribution in [-0.2, 0) is 4.79 Å². The number of carbonyl (C=O) groups excluding carboxylic acids is 1. The number of nitrogens with two attached hydrogens (primary N) is 1. The molecule has 0 bridgehead atoms. The van der Waals surface area contributed by atoms with E-state index in [9.17, 15) is 9.18 Å². The van der Waals surface area contributed by atoms with E-state index in [1.165, 1.54) is 0 Å². The van der Waals surface area contributed by atoms with Crippen LogP contribution in [0.3, 0.4) is 0 Å². The molecule has 3 nitrogen and oxygen atoms in total. The van der Waals surface area contributed by atoms with Crippen molar-refractivity contribution in [2.45, 2.75) is 19.9 Å². The van der Waals surface area contributed by atoms with Crippen LogP contribution in [0.2, 0.25) is 0 Å². The van der Waals surface area contributed by atoms with Crippen LogP contribution in [0.25, 0.3) is 0 Å². The number of halogens is 1. The maximum absolute atomic E-state index is 12.3. The summed E-state index contributed by atoms with van der Waals surface area (Å²) >= 11 is 0. The van der Waals surface area contributed by atoms with Crippen LogP contribution in [0, 0.1) is 0 Å². The summed E-state index contributed by atoms with van der Waals surface area (Å²) in [6, 6.07) is 0.0179. The van der Waals surface area contributed by atoms with Gasteiger partial charge in [0.1, 0.15) is 5.83 Å². The number of hydrogen-bond acceptors (Lipinski definition) is 2. The van der Waals surface area contributed by atoms with E-state index in [0.717, 1.165) is 6.08 Å². The second kappa shape index (κ2) is 4.85. The minimum atomic E-state index is -0.608. The number of hydrogen-bond donors (Lipinski definition) is 2. The van der Waals surface area contributed by atoms with Gasteiger partial charge < -0.3 is 11.1 Å². The van der Waals surface area contributed by atoms with Gasteiger partial charge in [0, 0.05) is 18.7 Å². The third kappa shape index (κ3) is 5.54. The lowest BCUT2D eigenvalue weighted by atomic mass is 10.3. The van der Waals surface area contributed by atoms with Crippen molar-refractivity contribution in [3.63, 3.8) is 0 Å². The lowest BCUT2D eigenvalue weighted by molar-refractivity contribution is -0.117. The monoisotopic (exact) mass is 160 g/mol. The van der Waals surface area contributed by atoms with E-state index in [-0.39, 0.29) is 12.6 Å². The molecule has 4 heteroatoms. The molecule has 11 heavy (non-hydrogen) atoms. The molecule has 0 radical (unpaired) electrons. The molecule has 3 N–H and O–H groups in total. The molecule has 64 valence electrons. The van der Waals surface area contributed by atoms with Crippen molar-refractivity contribution in [1.82, 2.24) is 5.32 Å². The van der Waals surface area contributed by atoms with Crippen molar-refractivity contribution in [3.05, 3.63) is 11.9 Å². The SMILES string of the molecule is CC(C)NC(=O)/C=C(/F)CN. The summed E-state index contributed by atoms with van der Waals surface area (Å²) in [6.07, 6.45) is 0.861. The van der Waals surface area contributed by atoms with E-state index in [1.54, 1.807) is 13.8 Å². The van der Waals surface area contributed by atoms with Gasteiger partial charge in [-0.05, 0) is 13.8 Å². The molecule has 0 aromatic heterocycles. The molecule has 0 heterocycles. The molecule has 0 aliphatic carbocycles. The zero-order chi connectivity index (χ0) is 8.85. The molecular formula is C7H13FN2O. The maximum Gasteiger partial charge on any atom is 0.246 e. The van der Waals surface area contributed by atoms with Crippen LogP contribution in [0.5, 0.6) is 0 Å². The van der Waals surface area contributed by atoms with E-state index in [2.05, 4.69) is 5.32 Å². The van der Waals surface area contributed by atoms with Crippen molar-refractivity contribution >= 4 is 5.91 Å². The molecule has 0 unspecified atom stereocenters. The number of nitrogens with one attached hydrogen (secondary N) is 1. The Labute approximate surface area is 65.5 Å². The Morgan fingerprint density at radius 2 is 2.27 bits per heavy atom. The number of rotatable bonds is 3. The van der Waals surface area contributed by atoms with E-state index in [1.807, 2.05) is 0 Å². The van der Waals surface area contributed by atoms with Crippen LogP contribution < -0.4 is 11.1 Å². The summed E-state index contributed by atoms with van der Waals surface area (Å²) in [5, 5.41) is 2.50. The average molecular weight is 160 g/mol. The summed E-state index contributed by atoms with van der Waals surface area (Å²) in [6.45, 7) is 3.36. The summed E-state index contributed by atoms with van der Waals surface area (Å²) < 4.78 is 12.3. The molecule has 0 atom stereocenters. The van der Waals surface area contributed by atoms with Crippen molar-refractivity contribution in [3.8, 4) is 0 Å². The third-order valence-electron chi connectivity index (χ3n) is 0.914. The smallest absolute Gasteiger partial charge is 0.246 e. The van der Waals surface area contributed by atoms with Gasteiger partial charge in [-0.3, -0.25) is 4.79 Å². The van der Waals surface area contributed by atoms with Gasteiger partial charge in [0.2, 0.25) is 5.91 Å². The Morgan fingerprint density at radius 3 is 2.64 bits per heavy atom. The van der Waals surface area contributed by atoms with E-state index in [0.29, 0.717) is 0 Å². The van der Waals surface area contributed by atoms with Gasteiger partial charge >= 0.3 is 0 Å². The topological polar surface area (TPSA) is 55.1 Å². The molecule has 0 fully saturated rings. The standard InChI is InChI=1S/C7H13FN2O/c1-5(2)10-7(11)3-6(8)4-9/h3,5H,4,9H2,1-2H3,(H,10,11)/b6-3+. The summed E-state index contributed by atoms with van der Waals surface area (Å²) in [4.78, 5) is 10.7. The third-order valence-corrected chi connectivity index (χ3v) is 0.914. The highest BCUT2D eigenvalue weighted by atomic mass is 19.1. The number of amides is 1.